The number of aromatic nitrogens is 6. The van der Waals surface area contributed by atoms with Crippen LogP contribution in [0.1, 0.15) is 43.7 Å². The third-order valence-corrected chi connectivity index (χ3v) is 5.87. The summed E-state index contributed by atoms with van der Waals surface area (Å²) in [6, 6.07) is 10.2. The van der Waals surface area contributed by atoms with E-state index < -0.39 is 0 Å². The molecule has 0 unspecified atom stereocenters. The number of fused-ring (bicyclic) bond motifs is 1. The summed E-state index contributed by atoms with van der Waals surface area (Å²) >= 11 is 0. The summed E-state index contributed by atoms with van der Waals surface area (Å²) in [5.74, 6) is 2.59. The summed E-state index contributed by atoms with van der Waals surface area (Å²) in [5, 5.41) is 16.2. The van der Waals surface area contributed by atoms with Crippen molar-refractivity contribution in [3.8, 4) is 17.1 Å². The predicted molar refractivity (Wildman–Crippen MR) is 115 cm³/mol. The number of hydrogen-bond donors (Lipinski definition) is 1. The van der Waals surface area contributed by atoms with Crippen molar-refractivity contribution in [2.24, 2.45) is 7.05 Å². The molecule has 0 radical (unpaired) electrons. The lowest BCUT2D eigenvalue weighted by molar-refractivity contribution is 0.417. The number of hydrogen-bond acceptors (Lipinski definition) is 6. The lowest BCUT2D eigenvalue weighted by Gasteiger charge is -2.21. The van der Waals surface area contributed by atoms with Gasteiger partial charge in [-0.2, -0.15) is 0 Å². The number of benzene rings is 1. The molecule has 0 spiro atoms. The number of nitrogens with one attached hydrogen (secondary N) is 1. The summed E-state index contributed by atoms with van der Waals surface area (Å²) in [4.78, 5) is 4.50. The van der Waals surface area contributed by atoms with E-state index in [4.69, 9.17) is 9.84 Å². The van der Waals surface area contributed by atoms with Crippen molar-refractivity contribution in [3.63, 3.8) is 0 Å². The second kappa shape index (κ2) is 7.78. The van der Waals surface area contributed by atoms with E-state index in [0.717, 1.165) is 22.6 Å². The third kappa shape index (κ3) is 3.38. The Morgan fingerprint density at radius 1 is 1.10 bits per heavy atom. The molecule has 5 rings (SSSR count). The molecule has 0 atom stereocenters. The Hall–Kier alpha value is -3.42. The Morgan fingerprint density at radius 2 is 1.97 bits per heavy atom. The number of nitrogens with zero attached hydrogens (tertiary/aromatic N) is 6. The van der Waals surface area contributed by atoms with E-state index in [1.807, 2.05) is 40.5 Å². The fourth-order valence-corrected chi connectivity index (χ4v) is 4.29. The molecule has 4 aromatic rings. The van der Waals surface area contributed by atoms with Gasteiger partial charge in [0.2, 0.25) is 5.95 Å². The number of ether oxygens (including phenoxy) is 1. The molecule has 154 valence electrons. The first-order chi connectivity index (χ1) is 14.7. The number of anilines is 2. The average molecular weight is 403 g/mol. The second-order valence-corrected chi connectivity index (χ2v) is 7.82. The van der Waals surface area contributed by atoms with Gasteiger partial charge in [-0.05, 0) is 43.2 Å². The standard InChI is InChI=1S/C22H25N7O/c1-28-14-24-26-21(28)16-8-10-18(20(12-16)30-2)25-22-23-13-17-9-11-19(29(17)27-22)15-6-4-3-5-7-15/h8-15H,3-7H2,1-2H3,(H,25,27). The predicted octanol–water partition coefficient (Wildman–Crippen LogP) is 4.32. The van der Waals surface area contributed by atoms with Gasteiger partial charge in [-0.25, -0.2) is 9.50 Å². The smallest absolute Gasteiger partial charge is 0.245 e. The molecule has 1 aliphatic carbocycles. The van der Waals surface area contributed by atoms with Crippen molar-refractivity contribution in [1.82, 2.24) is 29.4 Å². The van der Waals surface area contributed by atoms with Crippen molar-refractivity contribution in [2.45, 2.75) is 38.0 Å². The number of rotatable bonds is 5. The monoisotopic (exact) mass is 403 g/mol. The summed E-state index contributed by atoms with van der Waals surface area (Å²) in [6.45, 7) is 0. The van der Waals surface area contributed by atoms with Crippen LogP contribution in [0.5, 0.6) is 5.75 Å². The second-order valence-electron chi connectivity index (χ2n) is 7.82. The average Bonchev–Trinajstić information content (AvgIpc) is 3.40. The van der Waals surface area contributed by atoms with E-state index in [1.54, 1.807) is 13.4 Å². The number of aryl methyl sites for hydroxylation is 1. The molecule has 0 aliphatic heterocycles. The first kappa shape index (κ1) is 18.6. The minimum Gasteiger partial charge on any atom is -0.495 e. The quantitative estimate of drug-likeness (QED) is 0.534. The Morgan fingerprint density at radius 3 is 2.73 bits per heavy atom. The maximum atomic E-state index is 5.61. The Bertz CT molecular complexity index is 1170. The van der Waals surface area contributed by atoms with E-state index in [1.165, 1.54) is 37.8 Å². The molecule has 1 saturated carbocycles. The van der Waals surface area contributed by atoms with Gasteiger partial charge in [-0.3, -0.25) is 0 Å². The van der Waals surface area contributed by atoms with Crippen molar-refractivity contribution < 1.29 is 4.74 Å². The SMILES string of the molecule is COc1cc(-c2nncn2C)ccc1Nc1ncc2ccc(C3CCCCC3)n2n1. The fourth-order valence-electron chi connectivity index (χ4n) is 4.29. The molecule has 0 bridgehead atoms. The maximum absolute atomic E-state index is 5.61. The van der Waals surface area contributed by atoms with Gasteiger partial charge in [-0.15, -0.1) is 15.3 Å². The van der Waals surface area contributed by atoms with Crippen LogP contribution in [-0.2, 0) is 7.05 Å². The van der Waals surface area contributed by atoms with Gasteiger partial charge in [0.1, 0.15) is 12.1 Å². The Kier molecular flexibility index (Phi) is 4.82. The molecule has 1 N–H and O–H groups in total. The molecular weight excluding hydrogens is 378 g/mol. The first-order valence-electron chi connectivity index (χ1n) is 10.4. The van der Waals surface area contributed by atoms with E-state index in [2.05, 4.69) is 32.6 Å². The zero-order valence-corrected chi connectivity index (χ0v) is 17.2. The summed E-state index contributed by atoms with van der Waals surface area (Å²) in [5.41, 5.74) is 4.03. The molecule has 1 fully saturated rings. The number of methoxy groups -OCH3 is 1. The zero-order valence-electron chi connectivity index (χ0n) is 17.2. The summed E-state index contributed by atoms with van der Waals surface area (Å²) in [6.07, 6.45) is 9.94. The maximum Gasteiger partial charge on any atom is 0.245 e. The molecule has 30 heavy (non-hydrogen) atoms. The van der Waals surface area contributed by atoms with Crippen LogP contribution in [0.3, 0.4) is 0 Å². The third-order valence-electron chi connectivity index (χ3n) is 5.87. The van der Waals surface area contributed by atoms with Crippen molar-refractivity contribution in [2.75, 3.05) is 12.4 Å². The van der Waals surface area contributed by atoms with Crippen LogP contribution >= 0.6 is 0 Å². The fraction of sp³-hybridized carbons (Fsp3) is 0.364. The van der Waals surface area contributed by atoms with Gasteiger partial charge in [0, 0.05) is 24.2 Å². The highest BCUT2D eigenvalue weighted by atomic mass is 16.5. The normalized spacial score (nSPS) is 14.9. The molecular formula is C22H25N7O. The summed E-state index contributed by atoms with van der Waals surface area (Å²) in [7, 11) is 3.57. The molecule has 3 aromatic heterocycles. The van der Waals surface area contributed by atoms with Crippen molar-refractivity contribution in [1.29, 1.82) is 0 Å². The van der Waals surface area contributed by atoms with E-state index in [-0.39, 0.29) is 0 Å². The molecule has 3 heterocycles. The van der Waals surface area contributed by atoms with Crippen LogP contribution in [0.25, 0.3) is 16.9 Å². The molecule has 8 heteroatoms. The van der Waals surface area contributed by atoms with E-state index in [9.17, 15) is 0 Å². The zero-order chi connectivity index (χ0) is 20.5. The highest BCUT2D eigenvalue weighted by Crippen LogP contribution is 2.34. The van der Waals surface area contributed by atoms with E-state index in [0.29, 0.717) is 17.6 Å². The van der Waals surface area contributed by atoms with Crippen LogP contribution in [0.15, 0.2) is 42.9 Å². The molecule has 1 aliphatic rings. The van der Waals surface area contributed by atoms with Crippen LogP contribution in [0, 0.1) is 0 Å². The van der Waals surface area contributed by atoms with Gasteiger partial charge < -0.3 is 14.6 Å². The van der Waals surface area contributed by atoms with Crippen LogP contribution in [-0.4, -0.2) is 36.5 Å². The van der Waals surface area contributed by atoms with E-state index >= 15 is 0 Å². The Labute approximate surface area is 174 Å². The van der Waals surface area contributed by atoms with Crippen LogP contribution in [0.4, 0.5) is 11.6 Å². The summed E-state index contributed by atoms with van der Waals surface area (Å²) < 4.78 is 9.51. The Balaban J connectivity index is 1.45. The molecule has 0 saturated heterocycles. The largest absolute Gasteiger partial charge is 0.495 e. The first-order valence-corrected chi connectivity index (χ1v) is 10.4. The lowest BCUT2D eigenvalue weighted by Crippen LogP contribution is -2.10. The lowest BCUT2D eigenvalue weighted by atomic mass is 9.87. The van der Waals surface area contributed by atoms with Crippen molar-refractivity contribution >= 4 is 17.2 Å². The van der Waals surface area contributed by atoms with Crippen LogP contribution < -0.4 is 10.1 Å². The van der Waals surface area contributed by atoms with Crippen molar-refractivity contribution in [3.05, 3.63) is 48.5 Å². The van der Waals surface area contributed by atoms with Gasteiger partial charge in [-0.1, -0.05) is 19.3 Å². The van der Waals surface area contributed by atoms with Gasteiger partial charge in [0.25, 0.3) is 0 Å². The molecule has 8 nitrogen and oxygen atoms in total. The highest BCUT2D eigenvalue weighted by molar-refractivity contribution is 5.70. The van der Waals surface area contributed by atoms with Gasteiger partial charge in [0.05, 0.1) is 24.5 Å². The minimum atomic E-state index is 0.542. The van der Waals surface area contributed by atoms with Gasteiger partial charge in [0.15, 0.2) is 5.82 Å². The molecule has 1 aromatic carbocycles. The van der Waals surface area contributed by atoms with Crippen LogP contribution in [0.2, 0.25) is 0 Å². The topological polar surface area (TPSA) is 82.2 Å². The molecule has 0 amide bonds. The highest BCUT2D eigenvalue weighted by Gasteiger charge is 2.19. The minimum absolute atomic E-state index is 0.542. The van der Waals surface area contributed by atoms with Gasteiger partial charge >= 0.3 is 0 Å².